The van der Waals surface area contributed by atoms with E-state index in [9.17, 15) is 4.79 Å². The average Bonchev–Trinajstić information content (AvgIpc) is 2.98. The molecule has 108 valence electrons. The Bertz CT molecular complexity index is 590. The first kappa shape index (κ1) is 14.2. The molecule has 0 fully saturated rings. The summed E-state index contributed by atoms with van der Waals surface area (Å²) in [6.07, 6.45) is 0. The Kier molecular flexibility index (Phi) is 4.46. The minimum absolute atomic E-state index is 0.183. The van der Waals surface area contributed by atoms with Gasteiger partial charge in [-0.2, -0.15) is 0 Å². The Morgan fingerprint density at radius 1 is 1.40 bits per heavy atom. The Hall–Kier alpha value is -2.22. The lowest BCUT2D eigenvalue weighted by Crippen LogP contribution is -2.12. The number of hydrogen-bond donors (Lipinski definition) is 0. The van der Waals surface area contributed by atoms with Crippen LogP contribution in [0.2, 0.25) is 0 Å². The van der Waals surface area contributed by atoms with E-state index in [1.54, 1.807) is 17.7 Å². The summed E-state index contributed by atoms with van der Waals surface area (Å²) < 4.78 is 16.5. The number of methoxy groups -OCH3 is 1. The largest absolute Gasteiger partial charge is 0.458 e. The molecular weight excluding hydrogens is 264 g/mol. The Balaban J connectivity index is 2.04. The van der Waals surface area contributed by atoms with E-state index in [0.29, 0.717) is 24.6 Å². The number of ether oxygens (including phenoxy) is 2. The van der Waals surface area contributed by atoms with E-state index in [1.807, 2.05) is 6.92 Å². The fourth-order valence-corrected chi connectivity index (χ4v) is 1.62. The molecule has 2 rings (SSSR count). The lowest BCUT2D eigenvalue weighted by molar-refractivity contribution is 0.0380. The summed E-state index contributed by atoms with van der Waals surface area (Å²) in [5.74, 6) is 0.134. The van der Waals surface area contributed by atoms with Crippen LogP contribution in [0.1, 0.15) is 27.6 Å². The molecule has 0 atom stereocenters. The molecule has 0 aliphatic heterocycles. The van der Waals surface area contributed by atoms with Gasteiger partial charge in [-0.25, -0.2) is 9.48 Å². The molecule has 0 aliphatic carbocycles. The molecule has 0 N–H and O–H groups in total. The van der Waals surface area contributed by atoms with Crippen molar-refractivity contribution in [3.63, 3.8) is 0 Å². The first-order chi connectivity index (χ1) is 9.61. The van der Waals surface area contributed by atoms with Gasteiger partial charge in [0.25, 0.3) is 0 Å². The van der Waals surface area contributed by atoms with Crippen molar-refractivity contribution in [2.45, 2.75) is 20.4 Å². The van der Waals surface area contributed by atoms with Gasteiger partial charge >= 0.3 is 5.97 Å². The van der Waals surface area contributed by atoms with Gasteiger partial charge in [-0.05, 0) is 13.8 Å². The van der Waals surface area contributed by atoms with Crippen molar-refractivity contribution < 1.29 is 18.8 Å². The van der Waals surface area contributed by atoms with Crippen LogP contribution >= 0.6 is 0 Å². The van der Waals surface area contributed by atoms with Crippen molar-refractivity contribution in [2.75, 3.05) is 20.3 Å². The molecule has 8 heteroatoms. The summed E-state index contributed by atoms with van der Waals surface area (Å²) >= 11 is 0. The van der Waals surface area contributed by atoms with E-state index in [0.717, 1.165) is 5.69 Å². The average molecular weight is 280 g/mol. The van der Waals surface area contributed by atoms with Crippen molar-refractivity contribution in [3.05, 3.63) is 28.9 Å². The number of rotatable bonds is 6. The number of esters is 1. The molecule has 0 saturated heterocycles. The molecule has 20 heavy (non-hydrogen) atoms. The van der Waals surface area contributed by atoms with E-state index in [1.165, 1.54) is 7.11 Å². The standard InChI is InChI=1S/C12H16N4O4/c1-8-6-10(20-14-8)7-16-9(2)11(13-15-16)12(17)19-5-4-18-3/h6H,4-5,7H2,1-3H3. The van der Waals surface area contributed by atoms with Crippen LogP contribution in [0.4, 0.5) is 0 Å². The normalized spacial score (nSPS) is 10.8. The summed E-state index contributed by atoms with van der Waals surface area (Å²) in [6.45, 7) is 4.47. The number of hydrogen-bond acceptors (Lipinski definition) is 7. The van der Waals surface area contributed by atoms with Gasteiger partial charge in [-0.1, -0.05) is 10.4 Å². The molecule has 2 heterocycles. The molecule has 2 aromatic heterocycles. The van der Waals surface area contributed by atoms with Crippen LogP contribution in [0.25, 0.3) is 0 Å². The lowest BCUT2D eigenvalue weighted by Gasteiger charge is -2.03. The van der Waals surface area contributed by atoms with E-state index < -0.39 is 5.97 Å². The summed E-state index contributed by atoms with van der Waals surface area (Å²) in [7, 11) is 1.54. The number of aryl methyl sites for hydroxylation is 1. The molecule has 0 amide bonds. The van der Waals surface area contributed by atoms with Crippen molar-refractivity contribution in [2.24, 2.45) is 0 Å². The first-order valence-electron chi connectivity index (χ1n) is 6.10. The second-order valence-corrected chi connectivity index (χ2v) is 4.24. The maximum atomic E-state index is 11.8. The molecular formula is C12H16N4O4. The smallest absolute Gasteiger partial charge is 0.360 e. The van der Waals surface area contributed by atoms with E-state index in [2.05, 4.69) is 15.5 Å². The maximum absolute atomic E-state index is 11.8. The van der Waals surface area contributed by atoms with Crippen LogP contribution in [0.3, 0.4) is 0 Å². The van der Waals surface area contributed by atoms with Gasteiger partial charge in [-0.15, -0.1) is 5.10 Å². The van der Waals surface area contributed by atoms with Gasteiger partial charge in [0.05, 0.1) is 18.0 Å². The van der Waals surface area contributed by atoms with Crippen LogP contribution in [0, 0.1) is 13.8 Å². The highest BCUT2D eigenvalue weighted by Crippen LogP contribution is 2.10. The van der Waals surface area contributed by atoms with Gasteiger partial charge in [-0.3, -0.25) is 0 Å². The van der Waals surface area contributed by atoms with Crippen molar-refractivity contribution >= 4 is 5.97 Å². The monoisotopic (exact) mass is 280 g/mol. The molecule has 2 aromatic rings. The van der Waals surface area contributed by atoms with Crippen molar-refractivity contribution in [1.82, 2.24) is 20.2 Å². The summed E-state index contributed by atoms with van der Waals surface area (Å²) in [4.78, 5) is 11.8. The highest BCUT2D eigenvalue weighted by Gasteiger charge is 2.18. The van der Waals surface area contributed by atoms with Crippen molar-refractivity contribution in [3.8, 4) is 0 Å². The lowest BCUT2D eigenvalue weighted by atomic mass is 10.3. The second-order valence-electron chi connectivity index (χ2n) is 4.24. The first-order valence-corrected chi connectivity index (χ1v) is 6.10. The Morgan fingerprint density at radius 3 is 2.85 bits per heavy atom. The van der Waals surface area contributed by atoms with Crippen LogP contribution in [-0.4, -0.2) is 46.4 Å². The van der Waals surface area contributed by atoms with Gasteiger partial charge in [0.2, 0.25) is 0 Å². The maximum Gasteiger partial charge on any atom is 0.360 e. The zero-order valence-electron chi connectivity index (χ0n) is 11.6. The minimum atomic E-state index is -0.514. The number of carbonyl (C=O) groups excluding carboxylic acids is 1. The fraction of sp³-hybridized carbons (Fsp3) is 0.500. The summed E-state index contributed by atoms with van der Waals surface area (Å²) in [6, 6.07) is 1.80. The number of carbonyl (C=O) groups is 1. The van der Waals surface area contributed by atoms with Gasteiger partial charge in [0.1, 0.15) is 13.2 Å². The van der Waals surface area contributed by atoms with Crippen LogP contribution in [0.5, 0.6) is 0 Å². The molecule has 8 nitrogen and oxygen atoms in total. The molecule has 0 bridgehead atoms. The molecule has 0 spiro atoms. The Labute approximate surface area is 115 Å². The summed E-state index contributed by atoms with van der Waals surface area (Å²) in [5, 5.41) is 11.5. The molecule has 0 aromatic carbocycles. The molecule has 0 saturated carbocycles. The Morgan fingerprint density at radius 2 is 2.20 bits per heavy atom. The molecule has 0 radical (unpaired) electrons. The van der Waals surface area contributed by atoms with E-state index >= 15 is 0 Å². The number of nitrogens with zero attached hydrogens (tertiary/aromatic N) is 4. The molecule has 0 unspecified atom stereocenters. The fourth-order valence-electron chi connectivity index (χ4n) is 1.62. The summed E-state index contributed by atoms with van der Waals surface area (Å²) in [5.41, 5.74) is 1.59. The highest BCUT2D eigenvalue weighted by atomic mass is 16.6. The zero-order valence-corrected chi connectivity index (χ0v) is 11.6. The van der Waals surface area contributed by atoms with Crippen LogP contribution < -0.4 is 0 Å². The minimum Gasteiger partial charge on any atom is -0.458 e. The predicted octanol–water partition coefficient (Wildman–Crippen LogP) is 0.734. The van der Waals surface area contributed by atoms with Gasteiger partial charge in [0.15, 0.2) is 11.5 Å². The van der Waals surface area contributed by atoms with Gasteiger partial charge in [0, 0.05) is 13.2 Å². The van der Waals surface area contributed by atoms with Gasteiger partial charge < -0.3 is 14.0 Å². The quantitative estimate of drug-likeness (QED) is 0.569. The third kappa shape index (κ3) is 3.21. The topological polar surface area (TPSA) is 92.3 Å². The third-order valence-electron chi connectivity index (χ3n) is 2.68. The third-order valence-corrected chi connectivity index (χ3v) is 2.68. The van der Waals surface area contributed by atoms with E-state index in [4.69, 9.17) is 14.0 Å². The highest BCUT2D eigenvalue weighted by molar-refractivity contribution is 5.88. The van der Waals surface area contributed by atoms with Crippen LogP contribution in [-0.2, 0) is 16.0 Å². The SMILES string of the molecule is COCCOC(=O)c1nnn(Cc2cc(C)no2)c1C. The molecule has 0 aliphatic rings. The number of aromatic nitrogens is 4. The van der Waals surface area contributed by atoms with Crippen LogP contribution in [0.15, 0.2) is 10.6 Å². The predicted molar refractivity (Wildman–Crippen MR) is 67.3 cm³/mol. The zero-order chi connectivity index (χ0) is 14.5. The van der Waals surface area contributed by atoms with E-state index in [-0.39, 0.29) is 12.3 Å². The van der Waals surface area contributed by atoms with Crippen molar-refractivity contribution in [1.29, 1.82) is 0 Å². The second kappa shape index (κ2) is 6.29.